The second-order valence-corrected chi connectivity index (χ2v) is 8.07. The van der Waals surface area contributed by atoms with Crippen LogP contribution in [0.2, 0.25) is 0 Å². The van der Waals surface area contributed by atoms with E-state index < -0.39 is 29.7 Å². The van der Waals surface area contributed by atoms with E-state index in [2.05, 4.69) is 25.6 Å². The van der Waals surface area contributed by atoms with Gasteiger partial charge >= 0.3 is 6.18 Å². The topological polar surface area (TPSA) is 123 Å². The molecule has 35 heavy (non-hydrogen) atoms. The quantitative estimate of drug-likeness (QED) is 0.291. The van der Waals surface area contributed by atoms with Crippen LogP contribution in [0.4, 0.5) is 24.9 Å². The van der Waals surface area contributed by atoms with Crippen molar-refractivity contribution in [3.05, 3.63) is 65.0 Å². The average Bonchev–Trinajstić information content (AvgIpc) is 2.85. The molecule has 0 saturated heterocycles. The Balaban J connectivity index is 1.76. The van der Waals surface area contributed by atoms with Crippen molar-refractivity contribution in [2.75, 3.05) is 10.6 Å². The van der Waals surface area contributed by atoms with Crippen molar-refractivity contribution < 1.29 is 28.5 Å². The molecule has 0 radical (unpaired) electrons. The average molecular weight is 492 g/mol. The first-order valence-corrected chi connectivity index (χ1v) is 11.1. The number of aromatic nitrogens is 3. The third-order valence-corrected chi connectivity index (χ3v) is 5.42. The first-order chi connectivity index (χ1) is 16.6. The smallest absolute Gasteiger partial charge is 0.392 e. The molecule has 0 aliphatic carbocycles. The van der Waals surface area contributed by atoms with Gasteiger partial charge in [0, 0.05) is 18.3 Å². The van der Waals surface area contributed by atoms with Crippen LogP contribution in [-0.4, -0.2) is 42.4 Å². The van der Waals surface area contributed by atoms with Crippen LogP contribution in [0.3, 0.4) is 0 Å². The number of anilines is 2. The van der Waals surface area contributed by atoms with Crippen molar-refractivity contribution >= 4 is 11.8 Å². The number of hydrogen-bond acceptors (Lipinski definition) is 8. The van der Waals surface area contributed by atoms with Gasteiger partial charge in [0.25, 0.3) is 0 Å². The minimum absolute atomic E-state index is 0.00919. The van der Waals surface area contributed by atoms with E-state index in [0.717, 1.165) is 11.1 Å². The Labute approximate surface area is 200 Å². The number of pyridine rings is 1. The summed E-state index contributed by atoms with van der Waals surface area (Å²) >= 11 is 0. The molecule has 11 heteroatoms. The molecule has 3 aromatic rings. The molecular formula is C24H28F3N5O3. The van der Waals surface area contributed by atoms with Crippen LogP contribution in [0.15, 0.2) is 42.6 Å². The molecule has 2 atom stereocenters. The number of aliphatic hydroxyl groups excluding tert-OH is 3. The Morgan fingerprint density at radius 1 is 1.00 bits per heavy atom. The van der Waals surface area contributed by atoms with E-state index in [0.29, 0.717) is 29.6 Å². The summed E-state index contributed by atoms with van der Waals surface area (Å²) in [6.07, 6.45) is -4.39. The molecule has 8 nitrogen and oxygen atoms in total. The molecule has 0 aliphatic heterocycles. The maximum atomic E-state index is 13.4. The van der Waals surface area contributed by atoms with Gasteiger partial charge in [0.2, 0.25) is 5.95 Å². The van der Waals surface area contributed by atoms with E-state index in [-0.39, 0.29) is 25.7 Å². The van der Waals surface area contributed by atoms with Gasteiger partial charge in [-0.3, -0.25) is 4.98 Å². The molecule has 0 bridgehead atoms. The summed E-state index contributed by atoms with van der Waals surface area (Å²) in [4.78, 5) is 12.2. The number of halogens is 3. The third kappa shape index (κ3) is 6.87. The van der Waals surface area contributed by atoms with E-state index >= 15 is 0 Å². The van der Waals surface area contributed by atoms with Gasteiger partial charge in [-0.1, -0.05) is 31.2 Å². The highest BCUT2D eigenvalue weighted by Crippen LogP contribution is 2.34. The zero-order valence-corrected chi connectivity index (χ0v) is 19.3. The minimum atomic E-state index is -4.65. The lowest BCUT2D eigenvalue weighted by molar-refractivity contribution is -0.137. The number of hydrogen-bond donors (Lipinski definition) is 5. The molecule has 0 aliphatic rings. The van der Waals surface area contributed by atoms with Gasteiger partial charge in [-0.2, -0.15) is 18.2 Å². The highest BCUT2D eigenvalue weighted by atomic mass is 19.4. The molecule has 0 saturated carbocycles. The highest BCUT2D eigenvalue weighted by Gasteiger charge is 2.36. The maximum absolute atomic E-state index is 13.4. The third-order valence-electron chi connectivity index (χ3n) is 5.42. The second kappa shape index (κ2) is 11.4. The summed E-state index contributed by atoms with van der Waals surface area (Å²) in [5.41, 5.74) is 2.27. The first kappa shape index (κ1) is 26.3. The van der Waals surface area contributed by atoms with Crippen molar-refractivity contribution in [3.8, 4) is 11.3 Å². The fourth-order valence-electron chi connectivity index (χ4n) is 3.47. The Kier molecular flexibility index (Phi) is 8.60. The molecule has 0 spiro atoms. The molecule has 2 heterocycles. The number of benzene rings is 1. The molecular weight excluding hydrogens is 463 g/mol. The van der Waals surface area contributed by atoms with Crippen molar-refractivity contribution in [1.82, 2.24) is 15.0 Å². The molecule has 5 N–H and O–H groups in total. The van der Waals surface area contributed by atoms with Crippen LogP contribution in [0.25, 0.3) is 11.3 Å². The Morgan fingerprint density at radius 3 is 2.29 bits per heavy atom. The van der Waals surface area contributed by atoms with Crippen molar-refractivity contribution in [1.29, 1.82) is 0 Å². The molecule has 188 valence electrons. The fraction of sp³-hybridized carbons (Fsp3) is 0.375. The Bertz CT molecular complexity index is 1100. The summed E-state index contributed by atoms with van der Waals surface area (Å²) in [5.74, 6) is -0.387. The molecule has 0 fully saturated rings. The standard InChI is InChI=1S/C24H28F3N5O3/c1-3-20(14(2)35)31-22-19(24(25,26)27)11-29-23(32-22)28-10-15-4-6-17(7-5-15)21-9-16(12-33)8-18(13-34)30-21/h4-9,11,14,20,33-35H,3,10,12-13H2,1-2H3,(H2,28,29,31,32)/t14-,20-/m1/s1. The number of nitrogens with zero attached hydrogens (tertiary/aromatic N) is 3. The lowest BCUT2D eigenvalue weighted by Crippen LogP contribution is -2.32. The van der Waals surface area contributed by atoms with E-state index in [1.807, 2.05) is 24.3 Å². The van der Waals surface area contributed by atoms with Gasteiger partial charge in [-0.15, -0.1) is 0 Å². The van der Waals surface area contributed by atoms with Crippen LogP contribution in [0.1, 0.15) is 42.7 Å². The molecule has 0 unspecified atom stereocenters. The summed E-state index contributed by atoms with van der Waals surface area (Å²) < 4.78 is 40.3. The van der Waals surface area contributed by atoms with E-state index in [1.165, 1.54) is 6.92 Å². The lowest BCUT2D eigenvalue weighted by Gasteiger charge is -2.23. The van der Waals surface area contributed by atoms with Gasteiger partial charge in [0.05, 0.1) is 36.7 Å². The Hall–Kier alpha value is -3.28. The number of alkyl halides is 3. The predicted molar refractivity (Wildman–Crippen MR) is 125 cm³/mol. The van der Waals surface area contributed by atoms with Gasteiger partial charge < -0.3 is 26.0 Å². The van der Waals surface area contributed by atoms with Crippen molar-refractivity contribution in [3.63, 3.8) is 0 Å². The van der Waals surface area contributed by atoms with Crippen LogP contribution >= 0.6 is 0 Å². The van der Waals surface area contributed by atoms with Crippen molar-refractivity contribution in [2.45, 2.75) is 58.3 Å². The summed E-state index contributed by atoms with van der Waals surface area (Å²) in [5, 5.41) is 34.2. The first-order valence-electron chi connectivity index (χ1n) is 11.1. The van der Waals surface area contributed by atoms with E-state index in [4.69, 9.17) is 0 Å². The van der Waals surface area contributed by atoms with Crippen LogP contribution in [0, 0.1) is 0 Å². The number of rotatable bonds is 10. The monoisotopic (exact) mass is 491 g/mol. The normalized spacial score (nSPS) is 13.4. The van der Waals surface area contributed by atoms with Crippen LogP contribution < -0.4 is 10.6 Å². The zero-order valence-electron chi connectivity index (χ0n) is 19.3. The molecule has 2 aromatic heterocycles. The summed E-state index contributed by atoms with van der Waals surface area (Å²) in [6.45, 7) is 3.08. The lowest BCUT2D eigenvalue weighted by atomic mass is 10.1. The Morgan fingerprint density at radius 2 is 1.71 bits per heavy atom. The van der Waals surface area contributed by atoms with Crippen LogP contribution in [0.5, 0.6) is 0 Å². The maximum Gasteiger partial charge on any atom is 0.421 e. The van der Waals surface area contributed by atoms with Gasteiger partial charge in [0.15, 0.2) is 0 Å². The summed E-state index contributed by atoms with van der Waals surface area (Å²) in [6, 6.07) is 10.0. The number of nitrogens with one attached hydrogen (secondary N) is 2. The second-order valence-electron chi connectivity index (χ2n) is 8.07. The number of aliphatic hydroxyl groups is 3. The summed E-state index contributed by atoms with van der Waals surface area (Å²) in [7, 11) is 0. The van der Waals surface area contributed by atoms with Gasteiger partial charge in [-0.05, 0) is 36.6 Å². The van der Waals surface area contributed by atoms with Gasteiger partial charge in [-0.25, -0.2) is 4.98 Å². The molecule has 3 rings (SSSR count). The van der Waals surface area contributed by atoms with E-state index in [9.17, 15) is 28.5 Å². The minimum Gasteiger partial charge on any atom is -0.392 e. The zero-order chi connectivity index (χ0) is 25.6. The van der Waals surface area contributed by atoms with Crippen LogP contribution in [-0.2, 0) is 25.9 Å². The van der Waals surface area contributed by atoms with Crippen molar-refractivity contribution in [2.24, 2.45) is 0 Å². The highest BCUT2D eigenvalue weighted by molar-refractivity contribution is 5.60. The predicted octanol–water partition coefficient (Wildman–Crippen LogP) is 3.73. The largest absolute Gasteiger partial charge is 0.421 e. The fourth-order valence-corrected chi connectivity index (χ4v) is 3.47. The molecule has 1 aromatic carbocycles. The SMILES string of the molecule is CC[C@@H](Nc1nc(NCc2ccc(-c3cc(CO)cc(CO)n3)cc2)ncc1C(F)(F)F)[C@@H](C)O. The van der Waals surface area contributed by atoms with Gasteiger partial charge in [0.1, 0.15) is 11.4 Å². The van der Waals surface area contributed by atoms with E-state index in [1.54, 1.807) is 19.1 Å². The molecule has 0 amide bonds.